The number of carbonyl (C=O) groups is 2. The van der Waals surface area contributed by atoms with Gasteiger partial charge in [0.2, 0.25) is 5.91 Å². The highest BCUT2D eigenvalue weighted by Gasteiger charge is 2.33. The van der Waals surface area contributed by atoms with E-state index in [0.29, 0.717) is 29.1 Å². The summed E-state index contributed by atoms with van der Waals surface area (Å²) in [6.45, 7) is 12.2. The topological polar surface area (TPSA) is 70.9 Å². The summed E-state index contributed by atoms with van der Waals surface area (Å²) in [6, 6.07) is 4.94. The molecule has 43 heavy (non-hydrogen) atoms. The standard InChI is InChI=1S/C34H46FN5O3/c1-22(2)37(5)34(42)29-16-28(35)7-8-30(29)40-20-27(33-23(3)17-36-18-31(33)40)15-25-9-12-39(19-25)24(4)26-10-13-38(14-11-26)32(41)21-43-6/h7-8,16-18,20,22,24-26H,9-15,19,21H2,1-6H3/t24-,25-/m1/s1. The Bertz CT molecular complexity index is 1460. The van der Waals surface area contributed by atoms with Crippen LogP contribution < -0.4 is 0 Å². The summed E-state index contributed by atoms with van der Waals surface area (Å²) in [4.78, 5) is 36.4. The molecule has 2 atom stereocenters. The highest BCUT2D eigenvalue weighted by atomic mass is 19.1. The number of hydrogen-bond donors (Lipinski definition) is 0. The molecule has 0 bridgehead atoms. The second-order valence-corrected chi connectivity index (χ2v) is 12.8. The molecule has 2 aromatic heterocycles. The third kappa shape index (κ3) is 6.48. The number of nitrogens with zero attached hydrogens (tertiary/aromatic N) is 5. The molecule has 2 saturated heterocycles. The van der Waals surface area contributed by atoms with Crippen molar-refractivity contribution < 1.29 is 18.7 Å². The number of pyridine rings is 1. The molecular formula is C34H46FN5O3. The number of aryl methyl sites for hydroxylation is 1. The summed E-state index contributed by atoms with van der Waals surface area (Å²) in [6.07, 6.45) is 10.0. The molecule has 8 nitrogen and oxygen atoms in total. The first kappa shape index (κ1) is 31.1. The predicted octanol–water partition coefficient (Wildman–Crippen LogP) is 5.09. The normalized spacial score (nSPS) is 19.0. The average molecular weight is 592 g/mol. The van der Waals surface area contributed by atoms with Crippen LogP contribution in [0.25, 0.3) is 16.6 Å². The second-order valence-electron chi connectivity index (χ2n) is 12.8. The Balaban J connectivity index is 1.35. The molecule has 0 aliphatic carbocycles. The van der Waals surface area contributed by atoms with Crippen molar-refractivity contribution in [3.8, 4) is 5.69 Å². The van der Waals surface area contributed by atoms with Crippen LogP contribution in [0.15, 0.2) is 36.8 Å². The highest BCUT2D eigenvalue weighted by Crippen LogP contribution is 2.34. The molecule has 2 fully saturated rings. The van der Waals surface area contributed by atoms with Gasteiger partial charge in [-0.15, -0.1) is 0 Å². The van der Waals surface area contributed by atoms with E-state index in [1.165, 1.54) is 17.7 Å². The Labute approximate surface area is 254 Å². The van der Waals surface area contributed by atoms with Crippen LogP contribution in [0, 0.1) is 24.6 Å². The number of carbonyl (C=O) groups excluding carboxylic acids is 2. The first-order valence-electron chi connectivity index (χ1n) is 15.6. The first-order chi connectivity index (χ1) is 20.6. The molecule has 0 saturated carbocycles. The Morgan fingerprint density at radius 3 is 2.56 bits per heavy atom. The number of likely N-dealkylation sites (tertiary alicyclic amines) is 2. The number of hydrogen-bond acceptors (Lipinski definition) is 5. The van der Waals surface area contributed by atoms with Crippen molar-refractivity contribution in [3.05, 3.63) is 59.3 Å². The summed E-state index contributed by atoms with van der Waals surface area (Å²) in [7, 11) is 3.32. The number of amides is 2. The maximum Gasteiger partial charge on any atom is 0.256 e. The van der Waals surface area contributed by atoms with Gasteiger partial charge in [-0.3, -0.25) is 14.6 Å². The minimum Gasteiger partial charge on any atom is -0.375 e. The number of piperidine rings is 1. The van der Waals surface area contributed by atoms with Crippen molar-refractivity contribution in [2.75, 3.05) is 46.9 Å². The zero-order valence-electron chi connectivity index (χ0n) is 26.5. The van der Waals surface area contributed by atoms with Gasteiger partial charge in [0.1, 0.15) is 12.4 Å². The van der Waals surface area contributed by atoms with Crippen molar-refractivity contribution in [2.45, 2.75) is 65.5 Å². The van der Waals surface area contributed by atoms with E-state index in [1.54, 1.807) is 25.1 Å². The van der Waals surface area contributed by atoms with Crippen molar-refractivity contribution in [1.29, 1.82) is 0 Å². The zero-order chi connectivity index (χ0) is 30.8. The van der Waals surface area contributed by atoms with Gasteiger partial charge in [-0.1, -0.05) is 0 Å². The van der Waals surface area contributed by atoms with Gasteiger partial charge in [0.05, 0.1) is 23.0 Å². The molecule has 0 radical (unpaired) electrons. The molecule has 2 aliphatic heterocycles. The predicted molar refractivity (Wildman–Crippen MR) is 167 cm³/mol. The molecule has 4 heterocycles. The lowest BCUT2D eigenvalue weighted by molar-refractivity contribution is -0.136. The third-order valence-corrected chi connectivity index (χ3v) is 9.77. The molecule has 2 aliphatic rings. The molecule has 5 rings (SSSR count). The molecule has 9 heteroatoms. The minimum atomic E-state index is -0.428. The number of ether oxygens (including phenoxy) is 1. The smallest absolute Gasteiger partial charge is 0.256 e. The fraction of sp³-hybridized carbons (Fsp3) is 0.559. The SMILES string of the molecule is COCC(=O)N1CCC([C@@H](C)N2CC[C@H](Cc3cn(-c4ccc(F)cc4C(=O)N(C)C(C)C)c4cncc(C)c34)C2)CC1. The van der Waals surface area contributed by atoms with E-state index < -0.39 is 5.82 Å². The Morgan fingerprint density at radius 1 is 1.12 bits per heavy atom. The number of aromatic nitrogens is 2. The van der Waals surface area contributed by atoms with Crippen LogP contribution in [0.1, 0.15) is 61.5 Å². The second kappa shape index (κ2) is 13.1. The summed E-state index contributed by atoms with van der Waals surface area (Å²) < 4.78 is 21.5. The largest absolute Gasteiger partial charge is 0.375 e. The van der Waals surface area contributed by atoms with Crippen LogP contribution in [-0.4, -0.2) is 95.1 Å². The van der Waals surface area contributed by atoms with Crippen LogP contribution in [0.3, 0.4) is 0 Å². The Morgan fingerprint density at radius 2 is 1.86 bits per heavy atom. The van der Waals surface area contributed by atoms with E-state index in [1.807, 2.05) is 35.7 Å². The van der Waals surface area contributed by atoms with Crippen LogP contribution in [0.5, 0.6) is 0 Å². The average Bonchev–Trinajstić information content (AvgIpc) is 3.62. The summed E-state index contributed by atoms with van der Waals surface area (Å²) in [5.74, 6) is 0.548. The zero-order valence-corrected chi connectivity index (χ0v) is 26.5. The molecule has 0 N–H and O–H groups in total. The fourth-order valence-electron chi connectivity index (χ4n) is 6.96. The van der Waals surface area contributed by atoms with Gasteiger partial charge in [0.25, 0.3) is 5.91 Å². The van der Waals surface area contributed by atoms with Crippen molar-refractivity contribution in [2.24, 2.45) is 11.8 Å². The van der Waals surface area contributed by atoms with Crippen LogP contribution in [0.4, 0.5) is 4.39 Å². The van der Waals surface area contributed by atoms with Crippen LogP contribution >= 0.6 is 0 Å². The van der Waals surface area contributed by atoms with Gasteiger partial charge < -0.3 is 24.0 Å². The van der Waals surface area contributed by atoms with Crippen molar-refractivity contribution >= 4 is 22.7 Å². The van der Waals surface area contributed by atoms with Gasteiger partial charge >= 0.3 is 0 Å². The Hall–Kier alpha value is -3.30. The van der Waals surface area contributed by atoms with Gasteiger partial charge in [0.15, 0.2) is 0 Å². The summed E-state index contributed by atoms with van der Waals surface area (Å²) >= 11 is 0. The Kier molecular flexibility index (Phi) is 9.51. The summed E-state index contributed by atoms with van der Waals surface area (Å²) in [5.41, 5.74) is 4.27. The molecule has 2 amide bonds. The van der Waals surface area contributed by atoms with Gasteiger partial charge in [-0.2, -0.15) is 0 Å². The van der Waals surface area contributed by atoms with E-state index >= 15 is 0 Å². The molecule has 1 aromatic carbocycles. The number of benzene rings is 1. The molecule has 3 aromatic rings. The van der Waals surface area contributed by atoms with Crippen LogP contribution in [-0.2, 0) is 16.0 Å². The third-order valence-electron chi connectivity index (χ3n) is 9.77. The molecule has 0 unspecified atom stereocenters. The van der Waals surface area contributed by atoms with Gasteiger partial charge in [0, 0.05) is 63.7 Å². The van der Waals surface area contributed by atoms with Crippen molar-refractivity contribution in [3.63, 3.8) is 0 Å². The highest BCUT2D eigenvalue weighted by molar-refractivity contribution is 5.99. The molecular weight excluding hydrogens is 545 g/mol. The maximum absolute atomic E-state index is 14.4. The van der Waals surface area contributed by atoms with Gasteiger partial charge in [-0.25, -0.2) is 4.39 Å². The molecule has 0 spiro atoms. The van der Waals surface area contributed by atoms with E-state index in [2.05, 4.69) is 29.9 Å². The van der Waals surface area contributed by atoms with Crippen LogP contribution in [0.2, 0.25) is 0 Å². The molecule has 232 valence electrons. The monoisotopic (exact) mass is 591 g/mol. The number of halogens is 1. The van der Waals surface area contributed by atoms with E-state index in [0.717, 1.165) is 68.3 Å². The lowest BCUT2D eigenvalue weighted by Crippen LogP contribution is -2.46. The number of rotatable bonds is 9. The number of fused-ring (bicyclic) bond motifs is 1. The maximum atomic E-state index is 14.4. The van der Waals surface area contributed by atoms with E-state index in [4.69, 9.17) is 4.74 Å². The summed E-state index contributed by atoms with van der Waals surface area (Å²) in [5, 5.41) is 1.16. The van der Waals surface area contributed by atoms with Gasteiger partial charge in [-0.05, 0) is 101 Å². The minimum absolute atomic E-state index is 0.0112. The van der Waals surface area contributed by atoms with Crippen molar-refractivity contribution in [1.82, 2.24) is 24.3 Å². The van der Waals surface area contributed by atoms with E-state index in [9.17, 15) is 14.0 Å². The van der Waals surface area contributed by atoms with E-state index in [-0.39, 0.29) is 24.5 Å². The lowest BCUT2D eigenvalue weighted by atomic mass is 9.89. The lowest BCUT2D eigenvalue weighted by Gasteiger charge is -2.38. The first-order valence-corrected chi connectivity index (χ1v) is 15.6. The quantitative estimate of drug-likeness (QED) is 0.347. The fourth-order valence-corrected chi connectivity index (χ4v) is 6.96. The number of methoxy groups -OCH3 is 1.